The van der Waals surface area contributed by atoms with Gasteiger partial charge in [0.2, 0.25) is 5.88 Å². The van der Waals surface area contributed by atoms with E-state index in [2.05, 4.69) is 20.2 Å². The molecule has 0 aliphatic carbocycles. The number of carbonyl (C=O) groups excluding carboxylic acids is 1. The summed E-state index contributed by atoms with van der Waals surface area (Å²) in [6, 6.07) is -0.847. The zero-order valence-corrected chi connectivity index (χ0v) is 18.2. The third kappa shape index (κ3) is 4.09. The Labute approximate surface area is 170 Å². The molecule has 3 rings (SSSR count). The third-order valence-corrected chi connectivity index (χ3v) is 5.99. The summed E-state index contributed by atoms with van der Waals surface area (Å²) in [6.45, 7) is 11.6. The van der Waals surface area contributed by atoms with Crippen LogP contribution in [0.1, 0.15) is 64.3 Å². The van der Waals surface area contributed by atoms with Crippen LogP contribution in [0, 0.1) is 0 Å². The SMILES string of the molecule is CCn1nc(C(C)C)c(NC(=O)NS(=O)(=O)c2cnn3c2OCCC3)c1C(C)C. The highest BCUT2D eigenvalue weighted by Crippen LogP contribution is 2.32. The van der Waals surface area contributed by atoms with Crippen molar-refractivity contribution in [2.24, 2.45) is 0 Å². The minimum absolute atomic E-state index is 0.0586. The van der Waals surface area contributed by atoms with E-state index in [0.29, 0.717) is 31.1 Å². The summed E-state index contributed by atoms with van der Waals surface area (Å²) in [5.74, 6) is 0.308. The molecule has 0 bridgehead atoms. The first kappa shape index (κ1) is 21.2. The maximum atomic E-state index is 12.7. The molecule has 0 saturated carbocycles. The Morgan fingerprint density at radius 1 is 1.28 bits per heavy atom. The normalized spacial score (nSPS) is 14.0. The molecule has 160 valence electrons. The molecule has 0 fully saturated rings. The van der Waals surface area contributed by atoms with E-state index in [4.69, 9.17) is 4.74 Å². The lowest BCUT2D eigenvalue weighted by Gasteiger charge is -2.16. The van der Waals surface area contributed by atoms with E-state index in [-0.39, 0.29) is 22.6 Å². The van der Waals surface area contributed by atoms with Gasteiger partial charge in [-0.15, -0.1) is 0 Å². The fraction of sp³-hybridized carbons (Fsp3) is 0.611. The molecular weight excluding hydrogens is 396 g/mol. The van der Waals surface area contributed by atoms with Crippen molar-refractivity contribution in [1.29, 1.82) is 0 Å². The van der Waals surface area contributed by atoms with E-state index in [1.165, 1.54) is 10.9 Å². The van der Waals surface area contributed by atoms with Gasteiger partial charge >= 0.3 is 6.03 Å². The molecule has 2 N–H and O–H groups in total. The summed E-state index contributed by atoms with van der Waals surface area (Å²) < 4.78 is 36.3. The fourth-order valence-corrected chi connectivity index (χ4v) is 4.38. The van der Waals surface area contributed by atoms with Gasteiger partial charge in [-0.25, -0.2) is 22.6 Å². The number of aromatic nitrogens is 4. The topological polar surface area (TPSA) is 120 Å². The molecule has 1 aliphatic rings. The largest absolute Gasteiger partial charge is 0.477 e. The number of ether oxygens (including phenoxy) is 1. The first-order valence-electron chi connectivity index (χ1n) is 9.78. The van der Waals surface area contributed by atoms with Crippen molar-refractivity contribution in [3.8, 4) is 5.88 Å². The van der Waals surface area contributed by atoms with Gasteiger partial charge in [-0.3, -0.25) is 4.68 Å². The van der Waals surface area contributed by atoms with Gasteiger partial charge in [0, 0.05) is 19.5 Å². The number of sulfonamides is 1. The highest BCUT2D eigenvalue weighted by Gasteiger charge is 2.30. The predicted octanol–water partition coefficient (Wildman–Crippen LogP) is 2.64. The first-order chi connectivity index (χ1) is 13.7. The molecule has 1 aliphatic heterocycles. The van der Waals surface area contributed by atoms with E-state index >= 15 is 0 Å². The van der Waals surface area contributed by atoms with Crippen LogP contribution in [0.4, 0.5) is 10.5 Å². The number of hydrogen-bond donors (Lipinski definition) is 2. The molecule has 11 heteroatoms. The molecule has 2 aromatic heterocycles. The number of anilines is 1. The monoisotopic (exact) mass is 424 g/mol. The first-order valence-corrected chi connectivity index (χ1v) is 11.3. The van der Waals surface area contributed by atoms with Crippen LogP contribution in [0.25, 0.3) is 0 Å². The lowest BCUT2D eigenvalue weighted by molar-refractivity contribution is 0.224. The van der Waals surface area contributed by atoms with Gasteiger partial charge in [-0.2, -0.15) is 10.2 Å². The van der Waals surface area contributed by atoms with Crippen LogP contribution < -0.4 is 14.8 Å². The van der Waals surface area contributed by atoms with Crippen molar-refractivity contribution in [2.75, 3.05) is 11.9 Å². The van der Waals surface area contributed by atoms with Crippen molar-refractivity contribution in [3.63, 3.8) is 0 Å². The third-order valence-electron chi connectivity index (χ3n) is 4.68. The van der Waals surface area contributed by atoms with Crippen LogP contribution in [-0.2, 0) is 23.1 Å². The molecule has 2 amide bonds. The number of nitrogens with zero attached hydrogens (tertiary/aromatic N) is 4. The summed E-state index contributed by atoms with van der Waals surface area (Å²) in [5.41, 5.74) is 2.13. The highest BCUT2D eigenvalue weighted by molar-refractivity contribution is 7.90. The molecule has 0 saturated heterocycles. The lowest BCUT2D eigenvalue weighted by atomic mass is 10.0. The van der Waals surface area contributed by atoms with Crippen molar-refractivity contribution >= 4 is 21.7 Å². The van der Waals surface area contributed by atoms with Crippen LogP contribution in [0.3, 0.4) is 0 Å². The average molecular weight is 425 g/mol. The average Bonchev–Trinajstić information content (AvgIpc) is 3.22. The molecule has 10 nitrogen and oxygen atoms in total. The van der Waals surface area contributed by atoms with Gasteiger partial charge in [0.15, 0.2) is 4.90 Å². The Morgan fingerprint density at radius 3 is 2.62 bits per heavy atom. The van der Waals surface area contributed by atoms with Crippen LogP contribution in [0.15, 0.2) is 11.1 Å². The quantitative estimate of drug-likeness (QED) is 0.735. The Kier molecular flexibility index (Phi) is 5.87. The van der Waals surface area contributed by atoms with Gasteiger partial charge in [0.25, 0.3) is 10.0 Å². The number of nitrogens with one attached hydrogen (secondary N) is 2. The standard InChI is InChI=1S/C18H28N6O4S/c1-6-23-16(12(4)5)15(14(21-23)11(2)3)20-18(25)22-29(26,27)13-10-19-24-8-7-9-28-17(13)24/h10-12H,6-9H2,1-5H3,(H2,20,22,25). The summed E-state index contributed by atoms with van der Waals surface area (Å²) in [7, 11) is -4.14. The minimum atomic E-state index is -4.14. The second-order valence-electron chi connectivity index (χ2n) is 7.57. The van der Waals surface area contributed by atoms with Gasteiger partial charge in [0.1, 0.15) is 0 Å². The Bertz CT molecular complexity index is 1010. The van der Waals surface area contributed by atoms with Gasteiger partial charge in [0.05, 0.1) is 29.9 Å². The lowest BCUT2D eigenvalue weighted by Crippen LogP contribution is -2.35. The van der Waals surface area contributed by atoms with E-state index < -0.39 is 16.1 Å². The predicted molar refractivity (Wildman–Crippen MR) is 108 cm³/mol. The fourth-order valence-electron chi connectivity index (χ4n) is 3.40. The number of fused-ring (bicyclic) bond motifs is 1. The van der Waals surface area contributed by atoms with Crippen LogP contribution in [-0.4, -0.2) is 40.6 Å². The molecule has 29 heavy (non-hydrogen) atoms. The number of rotatable bonds is 6. The number of amides is 2. The van der Waals surface area contributed by atoms with Gasteiger partial charge in [-0.1, -0.05) is 27.7 Å². The zero-order valence-electron chi connectivity index (χ0n) is 17.4. The summed E-state index contributed by atoms with van der Waals surface area (Å²) >= 11 is 0. The summed E-state index contributed by atoms with van der Waals surface area (Å²) in [4.78, 5) is 12.5. The number of carbonyl (C=O) groups is 1. The zero-order chi connectivity index (χ0) is 21.3. The van der Waals surface area contributed by atoms with Crippen LogP contribution in [0.5, 0.6) is 5.88 Å². The molecule has 0 unspecified atom stereocenters. The van der Waals surface area contributed by atoms with Crippen molar-refractivity contribution in [3.05, 3.63) is 17.6 Å². The van der Waals surface area contributed by atoms with E-state index in [1.54, 1.807) is 0 Å². The summed E-state index contributed by atoms with van der Waals surface area (Å²) in [6.07, 6.45) is 1.95. The van der Waals surface area contributed by atoms with E-state index in [9.17, 15) is 13.2 Å². The molecule has 0 spiro atoms. The maximum Gasteiger partial charge on any atom is 0.333 e. The smallest absolute Gasteiger partial charge is 0.333 e. The van der Waals surface area contributed by atoms with Crippen molar-refractivity contribution in [2.45, 2.75) is 70.9 Å². The summed E-state index contributed by atoms with van der Waals surface area (Å²) in [5, 5.41) is 11.3. The second kappa shape index (κ2) is 8.05. The van der Waals surface area contributed by atoms with Crippen molar-refractivity contribution < 1.29 is 17.9 Å². The molecule has 2 aromatic rings. The van der Waals surface area contributed by atoms with Gasteiger partial charge in [-0.05, 0) is 18.8 Å². The van der Waals surface area contributed by atoms with Gasteiger partial charge < -0.3 is 10.1 Å². The minimum Gasteiger partial charge on any atom is -0.477 e. The Balaban J connectivity index is 1.87. The molecular formula is C18H28N6O4S. The number of hydrogen-bond acceptors (Lipinski definition) is 6. The molecule has 0 atom stereocenters. The Hall–Kier alpha value is -2.56. The van der Waals surface area contributed by atoms with Crippen LogP contribution in [0.2, 0.25) is 0 Å². The molecule has 0 aromatic carbocycles. The number of aryl methyl sites for hydroxylation is 2. The highest BCUT2D eigenvalue weighted by atomic mass is 32.2. The maximum absolute atomic E-state index is 12.7. The second-order valence-corrected chi connectivity index (χ2v) is 9.22. The number of urea groups is 1. The van der Waals surface area contributed by atoms with E-state index in [1.807, 2.05) is 39.3 Å². The van der Waals surface area contributed by atoms with Crippen LogP contribution >= 0.6 is 0 Å². The molecule has 0 radical (unpaired) electrons. The molecule has 3 heterocycles. The van der Waals surface area contributed by atoms with Crippen molar-refractivity contribution in [1.82, 2.24) is 24.3 Å². The Morgan fingerprint density at radius 2 is 2.00 bits per heavy atom. The van der Waals surface area contributed by atoms with E-state index in [0.717, 1.165) is 12.1 Å².